The summed E-state index contributed by atoms with van der Waals surface area (Å²) in [5.41, 5.74) is 5.07. The van der Waals surface area contributed by atoms with Gasteiger partial charge in [-0.15, -0.1) is 0 Å². The van der Waals surface area contributed by atoms with Gasteiger partial charge in [0.05, 0.1) is 17.6 Å². The Morgan fingerprint density at radius 1 is 1.26 bits per heavy atom. The van der Waals surface area contributed by atoms with E-state index in [4.69, 9.17) is 17.0 Å². The minimum atomic E-state index is -0.0594. The summed E-state index contributed by atoms with van der Waals surface area (Å²) in [6, 6.07) is 7.70. The summed E-state index contributed by atoms with van der Waals surface area (Å²) >= 11 is 5.56. The standard InChI is InChI=1S/C18H20ClN3O/c1-13(2)11-14(7-6-10-19)17(23)12-22-16-9-5-4-8-15(16)21(3)18(22)20/h4-11,20H,12H2,1-3H3/b10-6+,14-7+,20-18?. The maximum Gasteiger partial charge on any atom is 0.203 e. The van der Waals surface area contributed by atoms with Gasteiger partial charge in [0.1, 0.15) is 0 Å². The molecule has 0 aliphatic rings. The normalized spacial score (nSPS) is 12.1. The summed E-state index contributed by atoms with van der Waals surface area (Å²) in [6.45, 7) is 3.99. The molecule has 1 aromatic carbocycles. The van der Waals surface area contributed by atoms with E-state index in [1.54, 1.807) is 21.3 Å². The quantitative estimate of drug-likeness (QED) is 0.660. The van der Waals surface area contributed by atoms with Crippen LogP contribution in [0.2, 0.25) is 0 Å². The molecule has 0 aliphatic carbocycles. The van der Waals surface area contributed by atoms with Crippen LogP contribution in [0.3, 0.4) is 0 Å². The van der Waals surface area contributed by atoms with E-state index in [1.807, 2.05) is 51.2 Å². The molecule has 0 atom stereocenters. The van der Waals surface area contributed by atoms with Crippen LogP contribution in [-0.2, 0) is 18.4 Å². The highest BCUT2D eigenvalue weighted by Crippen LogP contribution is 2.13. The third kappa shape index (κ3) is 3.71. The molecule has 0 bridgehead atoms. The van der Waals surface area contributed by atoms with Crippen molar-refractivity contribution in [2.24, 2.45) is 7.05 Å². The molecule has 5 heteroatoms. The van der Waals surface area contributed by atoms with Crippen molar-refractivity contribution >= 4 is 28.4 Å². The summed E-state index contributed by atoms with van der Waals surface area (Å²) in [5, 5.41) is 8.24. The van der Waals surface area contributed by atoms with Crippen LogP contribution in [0, 0.1) is 5.41 Å². The van der Waals surface area contributed by atoms with E-state index in [0.29, 0.717) is 11.2 Å². The highest BCUT2D eigenvalue weighted by molar-refractivity contribution is 6.25. The van der Waals surface area contributed by atoms with Gasteiger partial charge in [-0.05, 0) is 26.0 Å². The second-order valence-corrected chi connectivity index (χ2v) is 5.79. The lowest BCUT2D eigenvalue weighted by Gasteiger charge is -2.05. The molecular formula is C18H20ClN3O. The highest BCUT2D eigenvalue weighted by atomic mass is 35.5. The monoisotopic (exact) mass is 329 g/mol. The molecule has 120 valence electrons. The number of carbonyl (C=O) groups is 1. The van der Waals surface area contributed by atoms with E-state index >= 15 is 0 Å². The Labute approximate surface area is 140 Å². The maximum absolute atomic E-state index is 12.7. The van der Waals surface area contributed by atoms with Crippen molar-refractivity contribution < 1.29 is 4.79 Å². The van der Waals surface area contributed by atoms with Crippen LogP contribution < -0.4 is 5.62 Å². The number of ketones is 1. The fourth-order valence-electron chi connectivity index (χ4n) is 2.45. The Bertz CT molecular complexity index is 877. The molecule has 2 aromatic rings. The lowest BCUT2D eigenvalue weighted by atomic mass is 10.1. The fourth-order valence-corrected chi connectivity index (χ4v) is 2.53. The van der Waals surface area contributed by atoms with Gasteiger partial charge in [0.2, 0.25) is 5.62 Å². The van der Waals surface area contributed by atoms with Crippen LogP contribution in [0.1, 0.15) is 13.8 Å². The first-order valence-electron chi connectivity index (χ1n) is 7.29. The largest absolute Gasteiger partial charge is 0.313 e. The number of nitrogens with zero attached hydrogens (tertiary/aromatic N) is 2. The SMILES string of the molecule is CC(C)=C/C(=C\C=C\Cl)C(=O)Cn1c(=N)n(C)c2ccccc21. The first-order valence-corrected chi connectivity index (χ1v) is 7.73. The zero-order valence-electron chi connectivity index (χ0n) is 13.5. The first-order chi connectivity index (χ1) is 11.0. The van der Waals surface area contributed by atoms with Crippen LogP contribution in [0.15, 0.2) is 59.2 Å². The zero-order valence-corrected chi connectivity index (χ0v) is 14.3. The molecule has 0 amide bonds. The number of fused-ring (bicyclic) bond motifs is 1. The van der Waals surface area contributed by atoms with E-state index in [1.165, 1.54) is 5.54 Å². The van der Waals surface area contributed by atoms with Crippen molar-refractivity contribution in [3.05, 3.63) is 64.8 Å². The molecule has 2 rings (SSSR count). The van der Waals surface area contributed by atoms with Crippen LogP contribution >= 0.6 is 11.6 Å². The minimum absolute atomic E-state index is 0.0594. The predicted molar refractivity (Wildman–Crippen MR) is 94.3 cm³/mol. The number of hydrogen-bond donors (Lipinski definition) is 1. The predicted octanol–water partition coefficient (Wildman–Crippen LogP) is 3.67. The van der Waals surface area contributed by atoms with Crippen molar-refractivity contribution in [2.75, 3.05) is 0 Å². The van der Waals surface area contributed by atoms with Crippen molar-refractivity contribution in [1.29, 1.82) is 5.41 Å². The Hall–Kier alpha value is -2.33. The molecule has 23 heavy (non-hydrogen) atoms. The van der Waals surface area contributed by atoms with Gasteiger partial charge in [0.25, 0.3) is 0 Å². The molecule has 0 spiro atoms. The van der Waals surface area contributed by atoms with Crippen LogP contribution in [-0.4, -0.2) is 14.9 Å². The van der Waals surface area contributed by atoms with Gasteiger partial charge in [0.15, 0.2) is 5.78 Å². The Kier molecular flexibility index (Phi) is 5.40. The number of para-hydroxylation sites is 2. The minimum Gasteiger partial charge on any atom is -0.313 e. The van der Waals surface area contributed by atoms with E-state index < -0.39 is 0 Å². The molecule has 1 heterocycles. The first kappa shape index (κ1) is 17.0. The molecule has 1 N–H and O–H groups in total. The number of aromatic nitrogens is 2. The van der Waals surface area contributed by atoms with Crippen molar-refractivity contribution in [2.45, 2.75) is 20.4 Å². The summed E-state index contributed by atoms with van der Waals surface area (Å²) in [6.07, 6.45) is 5.15. The van der Waals surface area contributed by atoms with Crippen LogP contribution in [0.4, 0.5) is 0 Å². The fraction of sp³-hybridized carbons (Fsp3) is 0.222. The highest BCUT2D eigenvalue weighted by Gasteiger charge is 2.13. The lowest BCUT2D eigenvalue weighted by molar-refractivity contribution is -0.115. The van der Waals surface area contributed by atoms with Crippen molar-refractivity contribution in [3.63, 3.8) is 0 Å². The number of allylic oxidation sites excluding steroid dienone is 5. The van der Waals surface area contributed by atoms with E-state index in [9.17, 15) is 4.79 Å². The van der Waals surface area contributed by atoms with Crippen molar-refractivity contribution in [1.82, 2.24) is 9.13 Å². The maximum atomic E-state index is 12.7. The summed E-state index contributed by atoms with van der Waals surface area (Å²) in [5.74, 6) is -0.0594. The van der Waals surface area contributed by atoms with Gasteiger partial charge in [-0.1, -0.05) is 47.5 Å². The number of Topliss-reactive ketones (excluding diaryl/α,β-unsaturated/α-hetero) is 1. The number of hydrogen-bond acceptors (Lipinski definition) is 2. The second-order valence-electron chi connectivity index (χ2n) is 5.54. The molecule has 4 nitrogen and oxygen atoms in total. The number of aryl methyl sites for hydroxylation is 1. The second kappa shape index (κ2) is 7.29. The van der Waals surface area contributed by atoms with E-state index in [-0.39, 0.29) is 12.3 Å². The van der Waals surface area contributed by atoms with E-state index in [0.717, 1.165) is 16.6 Å². The Morgan fingerprint density at radius 3 is 2.52 bits per heavy atom. The third-order valence-electron chi connectivity index (χ3n) is 3.52. The summed E-state index contributed by atoms with van der Waals surface area (Å²) < 4.78 is 3.49. The van der Waals surface area contributed by atoms with Gasteiger partial charge in [0, 0.05) is 18.2 Å². The smallest absolute Gasteiger partial charge is 0.203 e. The molecule has 0 unspecified atom stereocenters. The molecule has 0 saturated heterocycles. The Balaban J connectivity index is 2.46. The molecular weight excluding hydrogens is 310 g/mol. The number of imidazole rings is 1. The lowest BCUT2D eigenvalue weighted by Crippen LogP contribution is -2.26. The number of halogens is 1. The average molecular weight is 330 g/mol. The summed E-state index contributed by atoms with van der Waals surface area (Å²) in [4.78, 5) is 12.7. The van der Waals surface area contributed by atoms with E-state index in [2.05, 4.69) is 0 Å². The van der Waals surface area contributed by atoms with Gasteiger partial charge in [-0.2, -0.15) is 0 Å². The molecule has 0 fully saturated rings. The molecule has 0 aliphatic heterocycles. The number of rotatable bonds is 5. The number of benzene rings is 1. The van der Waals surface area contributed by atoms with Gasteiger partial charge in [-0.25, -0.2) is 0 Å². The zero-order chi connectivity index (χ0) is 17.0. The molecule has 0 radical (unpaired) electrons. The van der Waals surface area contributed by atoms with Crippen LogP contribution in [0.25, 0.3) is 11.0 Å². The number of nitrogens with one attached hydrogen (secondary N) is 1. The summed E-state index contributed by atoms with van der Waals surface area (Å²) in [7, 11) is 1.83. The van der Waals surface area contributed by atoms with Gasteiger partial charge < -0.3 is 9.13 Å². The Morgan fingerprint density at radius 2 is 1.91 bits per heavy atom. The number of carbonyl (C=O) groups excluding carboxylic acids is 1. The van der Waals surface area contributed by atoms with Crippen molar-refractivity contribution in [3.8, 4) is 0 Å². The average Bonchev–Trinajstić information content (AvgIpc) is 2.76. The van der Waals surface area contributed by atoms with Crippen LogP contribution in [0.5, 0.6) is 0 Å². The topological polar surface area (TPSA) is 50.8 Å². The third-order valence-corrected chi connectivity index (χ3v) is 3.67. The van der Waals surface area contributed by atoms with Gasteiger partial charge >= 0.3 is 0 Å². The van der Waals surface area contributed by atoms with Gasteiger partial charge in [-0.3, -0.25) is 10.2 Å². The molecule has 0 saturated carbocycles. The molecule has 1 aromatic heterocycles.